The maximum atomic E-state index is 13.2. The molecule has 2 fully saturated rings. The summed E-state index contributed by atoms with van der Waals surface area (Å²) in [5.41, 5.74) is 2.70. The van der Waals surface area contributed by atoms with E-state index in [-0.39, 0.29) is 36.0 Å². The van der Waals surface area contributed by atoms with E-state index in [9.17, 15) is 14.4 Å². The van der Waals surface area contributed by atoms with Gasteiger partial charge in [0.1, 0.15) is 11.5 Å². The Morgan fingerprint density at radius 1 is 0.976 bits per heavy atom. The molecule has 0 unspecified atom stereocenters. The van der Waals surface area contributed by atoms with E-state index in [1.165, 1.54) is 6.42 Å². The molecule has 4 rings (SSSR count). The van der Waals surface area contributed by atoms with Crippen molar-refractivity contribution in [3.8, 4) is 11.5 Å². The molecule has 2 amide bonds. The predicted molar refractivity (Wildman–Crippen MR) is 164 cm³/mol. The van der Waals surface area contributed by atoms with Crippen LogP contribution in [0.1, 0.15) is 92.6 Å². The summed E-state index contributed by atoms with van der Waals surface area (Å²) in [6.45, 7) is 6.53. The van der Waals surface area contributed by atoms with Crippen molar-refractivity contribution < 1.29 is 23.9 Å². The molecule has 42 heavy (non-hydrogen) atoms. The summed E-state index contributed by atoms with van der Waals surface area (Å²) >= 11 is 0. The van der Waals surface area contributed by atoms with Crippen molar-refractivity contribution in [2.24, 2.45) is 5.92 Å². The molecular formula is C34H47N3O5. The summed E-state index contributed by atoms with van der Waals surface area (Å²) in [4.78, 5) is 40.8. The largest absolute Gasteiger partial charge is 0.497 e. The van der Waals surface area contributed by atoms with Crippen molar-refractivity contribution >= 4 is 17.6 Å². The average molecular weight is 578 g/mol. The van der Waals surface area contributed by atoms with Gasteiger partial charge in [0.2, 0.25) is 5.91 Å². The van der Waals surface area contributed by atoms with Crippen molar-refractivity contribution in [1.29, 1.82) is 0 Å². The number of amides is 2. The zero-order valence-electron chi connectivity index (χ0n) is 25.5. The van der Waals surface area contributed by atoms with E-state index in [1.807, 2.05) is 55.1 Å². The van der Waals surface area contributed by atoms with Gasteiger partial charge >= 0.3 is 0 Å². The number of rotatable bonds is 13. The molecule has 1 saturated heterocycles. The first-order valence-electron chi connectivity index (χ1n) is 15.6. The summed E-state index contributed by atoms with van der Waals surface area (Å²) in [5.74, 6) is 2.06. The number of nitrogens with one attached hydrogen (secondary N) is 2. The lowest BCUT2D eigenvalue weighted by Crippen LogP contribution is -2.46. The molecule has 1 heterocycles. The molecule has 2 aromatic rings. The Kier molecular flexibility index (Phi) is 11.8. The lowest BCUT2D eigenvalue weighted by atomic mass is 9.81. The summed E-state index contributed by atoms with van der Waals surface area (Å²) in [5, 5.41) is 6.36. The van der Waals surface area contributed by atoms with E-state index in [4.69, 9.17) is 9.47 Å². The number of likely N-dealkylation sites (tertiary alicyclic amines) is 1. The van der Waals surface area contributed by atoms with Gasteiger partial charge in [-0.05, 0) is 68.2 Å². The number of piperidine rings is 1. The van der Waals surface area contributed by atoms with Crippen molar-refractivity contribution in [3.63, 3.8) is 0 Å². The second kappa shape index (κ2) is 15.7. The van der Waals surface area contributed by atoms with Gasteiger partial charge in [-0.15, -0.1) is 0 Å². The first-order valence-corrected chi connectivity index (χ1v) is 15.6. The van der Waals surface area contributed by atoms with Crippen LogP contribution in [0.2, 0.25) is 0 Å². The number of ether oxygens (including phenoxy) is 2. The summed E-state index contributed by atoms with van der Waals surface area (Å²) in [6.07, 6.45) is 7.59. The van der Waals surface area contributed by atoms with Gasteiger partial charge in [-0.1, -0.05) is 44.4 Å². The Hall–Kier alpha value is -3.39. The van der Waals surface area contributed by atoms with Gasteiger partial charge in [0, 0.05) is 43.2 Å². The normalized spacial score (nSPS) is 17.0. The molecule has 0 radical (unpaired) electrons. The number of nitrogens with zero attached hydrogens (tertiary/aromatic N) is 1. The standard InChI is InChI=1S/C34H47N3O5/c1-4-30(38)33(25-10-7-6-8-11-25)36-34(40)27-13-9-12-26(20-27)24-16-18-37(19-17-24)32(39)23-35-22-28-14-15-29(41-3)21-31(28)42-5-2/h9,12-15,20-21,24-25,33,35H,4-8,10-11,16-19,22-23H2,1-3H3,(H,36,40)/t33-/m1/s1. The number of hydrogen-bond donors (Lipinski definition) is 2. The number of carbonyl (C=O) groups excluding carboxylic acids is 3. The molecular weight excluding hydrogens is 530 g/mol. The molecule has 1 atom stereocenters. The molecule has 2 aliphatic rings. The molecule has 1 aliphatic carbocycles. The molecule has 1 aliphatic heterocycles. The minimum Gasteiger partial charge on any atom is -0.497 e. The highest BCUT2D eigenvalue weighted by atomic mass is 16.5. The number of Topliss-reactive ketones (excluding diaryl/α,β-unsaturated/α-hetero) is 1. The highest BCUT2D eigenvalue weighted by Crippen LogP contribution is 2.30. The number of carbonyl (C=O) groups is 3. The van der Waals surface area contributed by atoms with E-state index in [1.54, 1.807) is 7.11 Å². The Bertz CT molecular complexity index is 1200. The van der Waals surface area contributed by atoms with Gasteiger partial charge in [0.15, 0.2) is 5.78 Å². The van der Waals surface area contributed by atoms with E-state index in [2.05, 4.69) is 16.7 Å². The monoisotopic (exact) mass is 577 g/mol. The van der Waals surface area contributed by atoms with Crippen molar-refractivity contribution in [2.45, 2.75) is 83.7 Å². The zero-order valence-corrected chi connectivity index (χ0v) is 25.5. The van der Waals surface area contributed by atoms with E-state index in [0.29, 0.717) is 38.2 Å². The van der Waals surface area contributed by atoms with Crippen molar-refractivity contribution in [1.82, 2.24) is 15.5 Å². The smallest absolute Gasteiger partial charge is 0.251 e. The molecule has 0 bridgehead atoms. The van der Waals surface area contributed by atoms with Crippen LogP contribution in [0.4, 0.5) is 0 Å². The third-order valence-electron chi connectivity index (χ3n) is 8.74. The molecule has 0 aromatic heterocycles. The Labute approximate surface area is 250 Å². The number of ketones is 1. The predicted octanol–water partition coefficient (Wildman–Crippen LogP) is 5.25. The molecule has 8 heteroatoms. The third-order valence-corrected chi connectivity index (χ3v) is 8.74. The Morgan fingerprint density at radius 2 is 1.74 bits per heavy atom. The quantitative estimate of drug-likeness (QED) is 0.338. The van der Waals surface area contributed by atoms with Gasteiger partial charge in [0.05, 0.1) is 26.3 Å². The second-order valence-corrected chi connectivity index (χ2v) is 11.5. The first kappa shape index (κ1) is 31.5. The van der Waals surface area contributed by atoms with Crippen LogP contribution in [-0.4, -0.2) is 61.9 Å². The summed E-state index contributed by atoms with van der Waals surface area (Å²) in [7, 11) is 1.63. The minimum absolute atomic E-state index is 0.0856. The Balaban J connectivity index is 1.28. The molecule has 1 saturated carbocycles. The fourth-order valence-electron chi connectivity index (χ4n) is 6.28. The average Bonchev–Trinajstić information content (AvgIpc) is 3.04. The maximum absolute atomic E-state index is 13.2. The number of methoxy groups -OCH3 is 1. The van der Waals surface area contributed by atoms with Crippen LogP contribution < -0.4 is 20.1 Å². The SMILES string of the molecule is CCOc1cc(OC)ccc1CNCC(=O)N1CCC(c2cccc(C(=O)N[C@@H](C(=O)CC)C3CCCCC3)c2)CC1. The molecule has 228 valence electrons. The van der Waals surface area contributed by atoms with Gasteiger partial charge in [-0.2, -0.15) is 0 Å². The maximum Gasteiger partial charge on any atom is 0.251 e. The minimum atomic E-state index is -0.398. The Morgan fingerprint density at radius 3 is 2.43 bits per heavy atom. The molecule has 8 nitrogen and oxygen atoms in total. The summed E-state index contributed by atoms with van der Waals surface area (Å²) in [6, 6.07) is 13.1. The van der Waals surface area contributed by atoms with E-state index in [0.717, 1.165) is 61.2 Å². The van der Waals surface area contributed by atoms with Crippen LogP contribution in [0.3, 0.4) is 0 Å². The van der Waals surface area contributed by atoms with Gasteiger partial charge in [-0.25, -0.2) is 0 Å². The van der Waals surface area contributed by atoms with Crippen LogP contribution in [0, 0.1) is 5.92 Å². The number of hydrogen-bond acceptors (Lipinski definition) is 6. The lowest BCUT2D eigenvalue weighted by molar-refractivity contribution is -0.131. The first-order chi connectivity index (χ1) is 20.4. The highest BCUT2D eigenvalue weighted by molar-refractivity contribution is 5.98. The fraction of sp³-hybridized carbons (Fsp3) is 0.559. The van der Waals surface area contributed by atoms with Crippen LogP contribution in [0.5, 0.6) is 11.5 Å². The molecule has 2 aromatic carbocycles. The van der Waals surface area contributed by atoms with Crippen LogP contribution in [-0.2, 0) is 16.1 Å². The molecule has 2 N–H and O–H groups in total. The van der Waals surface area contributed by atoms with Gasteiger partial charge < -0.3 is 25.0 Å². The van der Waals surface area contributed by atoms with Crippen molar-refractivity contribution in [3.05, 3.63) is 59.2 Å². The van der Waals surface area contributed by atoms with E-state index >= 15 is 0 Å². The van der Waals surface area contributed by atoms with Gasteiger partial charge in [-0.3, -0.25) is 14.4 Å². The lowest BCUT2D eigenvalue weighted by Gasteiger charge is -2.32. The third kappa shape index (κ3) is 8.34. The fourth-order valence-corrected chi connectivity index (χ4v) is 6.28. The van der Waals surface area contributed by atoms with Crippen LogP contribution >= 0.6 is 0 Å². The number of benzene rings is 2. The van der Waals surface area contributed by atoms with Crippen LogP contribution in [0.25, 0.3) is 0 Å². The van der Waals surface area contributed by atoms with E-state index < -0.39 is 6.04 Å². The van der Waals surface area contributed by atoms with Crippen LogP contribution in [0.15, 0.2) is 42.5 Å². The summed E-state index contributed by atoms with van der Waals surface area (Å²) < 4.78 is 11.0. The second-order valence-electron chi connectivity index (χ2n) is 11.5. The molecule has 0 spiro atoms. The van der Waals surface area contributed by atoms with Gasteiger partial charge in [0.25, 0.3) is 5.91 Å². The van der Waals surface area contributed by atoms with Crippen molar-refractivity contribution in [2.75, 3.05) is 33.4 Å². The highest BCUT2D eigenvalue weighted by Gasteiger charge is 2.30. The topological polar surface area (TPSA) is 97.0 Å². The zero-order chi connectivity index (χ0) is 29.9.